The summed E-state index contributed by atoms with van der Waals surface area (Å²) in [6.45, 7) is 0. The predicted octanol–water partition coefficient (Wildman–Crippen LogP) is 2.38. The standard InChI is InChI=1S/C12H15N/c13-12-7-11(12)10-5-3-9(4-6-10)8-1-2-8/h3-6,8,11-12H,1-2,7,13H2/t11?,12-/m0/s1. The minimum absolute atomic E-state index is 0.437. The molecule has 68 valence electrons. The van der Waals surface area contributed by atoms with Gasteiger partial charge in [0.05, 0.1) is 0 Å². The monoisotopic (exact) mass is 173 g/mol. The van der Waals surface area contributed by atoms with E-state index in [9.17, 15) is 0 Å². The molecular weight excluding hydrogens is 158 g/mol. The van der Waals surface area contributed by atoms with Crippen LogP contribution in [0.2, 0.25) is 0 Å². The predicted molar refractivity (Wildman–Crippen MR) is 53.8 cm³/mol. The average Bonchev–Trinajstić information content (AvgIpc) is 2.98. The molecule has 2 aliphatic rings. The van der Waals surface area contributed by atoms with Crippen molar-refractivity contribution in [3.8, 4) is 0 Å². The van der Waals surface area contributed by atoms with E-state index in [4.69, 9.17) is 5.73 Å². The van der Waals surface area contributed by atoms with Gasteiger partial charge in [0.25, 0.3) is 0 Å². The zero-order chi connectivity index (χ0) is 8.84. The Kier molecular flexibility index (Phi) is 1.50. The molecule has 0 amide bonds. The normalized spacial score (nSPS) is 31.8. The van der Waals surface area contributed by atoms with Gasteiger partial charge in [-0.15, -0.1) is 0 Å². The lowest BCUT2D eigenvalue weighted by atomic mass is 10.1. The van der Waals surface area contributed by atoms with Gasteiger partial charge in [-0.1, -0.05) is 24.3 Å². The molecule has 1 nitrogen and oxygen atoms in total. The molecule has 1 unspecified atom stereocenters. The van der Waals surface area contributed by atoms with E-state index in [0.717, 1.165) is 5.92 Å². The summed E-state index contributed by atoms with van der Waals surface area (Å²) in [6, 6.07) is 9.55. The molecular formula is C12H15N. The van der Waals surface area contributed by atoms with Crippen molar-refractivity contribution in [1.29, 1.82) is 0 Å². The van der Waals surface area contributed by atoms with Crippen LogP contribution in [0, 0.1) is 0 Å². The summed E-state index contributed by atoms with van der Waals surface area (Å²) in [4.78, 5) is 0. The van der Waals surface area contributed by atoms with Crippen LogP contribution in [0.25, 0.3) is 0 Å². The fraction of sp³-hybridized carbons (Fsp3) is 0.500. The van der Waals surface area contributed by atoms with E-state index in [0.29, 0.717) is 12.0 Å². The van der Waals surface area contributed by atoms with Crippen molar-refractivity contribution in [1.82, 2.24) is 0 Å². The number of rotatable bonds is 2. The molecule has 1 heteroatoms. The first-order valence-corrected chi connectivity index (χ1v) is 5.20. The molecule has 2 aliphatic carbocycles. The summed E-state index contributed by atoms with van der Waals surface area (Å²) >= 11 is 0. The first-order valence-electron chi connectivity index (χ1n) is 5.20. The van der Waals surface area contributed by atoms with E-state index in [1.54, 1.807) is 0 Å². The lowest BCUT2D eigenvalue weighted by molar-refractivity contribution is 0.986. The van der Waals surface area contributed by atoms with Crippen LogP contribution in [0.3, 0.4) is 0 Å². The molecule has 0 heterocycles. The number of nitrogens with two attached hydrogens (primary N) is 1. The second-order valence-corrected chi connectivity index (χ2v) is 4.45. The Balaban J connectivity index is 1.81. The third-order valence-corrected chi connectivity index (χ3v) is 3.25. The largest absolute Gasteiger partial charge is 0.327 e. The van der Waals surface area contributed by atoms with Gasteiger partial charge in [-0.25, -0.2) is 0 Å². The second-order valence-electron chi connectivity index (χ2n) is 4.45. The van der Waals surface area contributed by atoms with E-state index in [-0.39, 0.29) is 0 Å². The van der Waals surface area contributed by atoms with Crippen molar-refractivity contribution < 1.29 is 0 Å². The summed E-state index contributed by atoms with van der Waals surface area (Å²) in [5, 5.41) is 0. The first-order chi connectivity index (χ1) is 6.34. The molecule has 0 saturated heterocycles. The van der Waals surface area contributed by atoms with Crippen molar-refractivity contribution in [2.75, 3.05) is 0 Å². The van der Waals surface area contributed by atoms with E-state index in [2.05, 4.69) is 24.3 Å². The highest BCUT2D eigenvalue weighted by molar-refractivity contribution is 5.33. The molecule has 0 radical (unpaired) electrons. The molecule has 13 heavy (non-hydrogen) atoms. The van der Waals surface area contributed by atoms with Crippen LogP contribution < -0.4 is 5.73 Å². The first kappa shape index (κ1) is 7.57. The van der Waals surface area contributed by atoms with E-state index < -0.39 is 0 Å². The average molecular weight is 173 g/mol. The van der Waals surface area contributed by atoms with Gasteiger partial charge in [0.2, 0.25) is 0 Å². The smallest absolute Gasteiger partial charge is 0.0115 e. The Bertz CT molecular complexity index is 310. The van der Waals surface area contributed by atoms with Gasteiger partial charge in [-0.05, 0) is 36.3 Å². The summed E-state index contributed by atoms with van der Waals surface area (Å²) in [6.07, 6.45) is 3.97. The zero-order valence-corrected chi connectivity index (χ0v) is 7.74. The third-order valence-electron chi connectivity index (χ3n) is 3.25. The highest BCUT2D eigenvalue weighted by Crippen LogP contribution is 2.42. The topological polar surface area (TPSA) is 26.0 Å². The third kappa shape index (κ3) is 1.37. The molecule has 0 aromatic heterocycles. The Morgan fingerprint density at radius 1 is 1.00 bits per heavy atom. The molecule has 2 N–H and O–H groups in total. The minimum atomic E-state index is 0.437. The Morgan fingerprint density at radius 2 is 1.54 bits per heavy atom. The second kappa shape index (κ2) is 2.58. The van der Waals surface area contributed by atoms with Gasteiger partial charge in [-0.3, -0.25) is 0 Å². The molecule has 0 bridgehead atoms. The van der Waals surface area contributed by atoms with Crippen LogP contribution in [0.1, 0.15) is 42.2 Å². The molecule has 0 spiro atoms. The summed E-state index contributed by atoms with van der Waals surface area (Å²) in [5.74, 6) is 1.54. The van der Waals surface area contributed by atoms with Crippen molar-refractivity contribution in [3.05, 3.63) is 35.4 Å². The molecule has 2 atom stereocenters. The van der Waals surface area contributed by atoms with Crippen LogP contribution in [-0.2, 0) is 0 Å². The van der Waals surface area contributed by atoms with Crippen molar-refractivity contribution >= 4 is 0 Å². The summed E-state index contributed by atoms with van der Waals surface area (Å²) in [5.41, 5.74) is 8.78. The fourth-order valence-electron chi connectivity index (χ4n) is 2.03. The van der Waals surface area contributed by atoms with Crippen molar-refractivity contribution in [3.63, 3.8) is 0 Å². The minimum Gasteiger partial charge on any atom is -0.327 e. The fourth-order valence-corrected chi connectivity index (χ4v) is 2.03. The van der Waals surface area contributed by atoms with Crippen LogP contribution in [0.15, 0.2) is 24.3 Å². The highest BCUT2D eigenvalue weighted by atomic mass is 14.7. The summed E-state index contributed by atoms with van der Waals surface area (Å²) < 4.78 is 0. The summed E-state index contributed by atoms with van der Waals surface area (Å²) in [7, 11) is 0. The molecule has 0 aliphatic heterocycles. The lowest BCUT2D eigenvalue weighted by Crippen LogP contribution is -2.00. The van der Waals surface area contributed by atoms with Gasteiger partial charge in [0.1, 0.15) is 0 Å². The van der Waals surface area contributed by atoms with Gasteiger partial charge in [0.15, 0.2) is 0 Å². The molecule has 2 fully saturated rings. The molecule has 3 rings (SSSR count). The van der Waals surface area contributed by atoms with E-state index in [1.807, 2.05) is 0 Å². The quantitative estimate of drug-likeness (QED) is 0.730. The lowest BCUT2D eigenvalue weighted by Gasteiger charge is -2.01. The highest BCUT2D eigenvalue weighted by Gasteiger charge is 2.34. The van der Waals surface area contributed by atoms with Crippen LogP contribution in [0.4, 0.5) is 0 Å². The number of benzene rings is 1. The van der Waals surface area contributed by atoms with E-state index >= 15 is 0 Å². The maximum Gasteiger partial charge on any atom is 0.0115 e. The molecule has 2 saturated carbocycles. The van der Waals surface area contributed by atoms with Crippen molar-refractivity contribution in [2.45, 2.75) is 37.1 Å². The van der Waals surface area contributed by atoms with Gasteiger partial charge in [0, 0.05) is 12.0 Å². The van der Waals surface area contributed by atoms with E-state index in [1.165, 1.54) is 30.4 Å². The van der Waals surface area contributed by atoms with Gasteiger partial charge >= 0.3 is 0 Å². The van der Waals surface area contributed by atoms with Gasteiger partial charge < -0.3 is 5.73 Å². The Labute approximate surface area is 78.9 Å². The maximum atomic E-state index is 5.81. The molecule has 1 aromatic carbocycles. The van der Waals surface area contributed by atoms with Gasteiger partial charge in [-0.2, -0.15) is 0 Å². The number of hydrogen-bond donors (Lipinski definition) is 1. The SMILES string of the molecule is N[C@H]1CC1c1ccc(C2CC2)cc1. The van der Waals surface area contributed by atoms with Crippen molar-refractivity contribution in [2.24, 2.45) is 5.73 Å². The number of hydrogen-bond acceptors (Lipinski definition) is 1. The van der Waals surface area contributed by atoms with Crippen LogP contribution in [-0.4, -0.2) is 6.04 Å². The van der Waals surface area contributed by atoms with Crippen LogP contribution >= 0.6 is 0 Å². The zero-order valence-electron chi connectivity index (χ0n) is 7.74. The Hall–Kier alpha value is -0.820. The molecule has 1 aromatic rings. The Morgan fingerprint density at radius 3 is 2.00 bits per heavy atom. The van der Waals surface area contributed by atoms with Crippen LogP contribution in [0.5, 0.6) is 0 Å². The maximum absolute atomic E-state index is 5.81.